The van der Waals surface area contributed by atoms with Gasteiger partial charge in [-0.3, -0.25) is 0 Å². The Bertz CT molecular complexity index is 347. The third-order valence-electron chi connectivity index (χ3n) is 3.94. The van der Waals surface area contributed by atoms with Gasteiger partial charge < -0.3 is 20.0 Å². The number of nitrogens with zero attached hydrogens (tertiary/aromatic N) is 2. The lowest BCUT2D eigenvalue weighted by Crippen LogP contribution is -2.47. The van der Waals surface area contributed by atoms with E-state index < -0.39 is 18.1 Å². The maximum atomic E-state index is 12.2. The summed E-state index contributed by atoms with van der Waals surface area (Å²) in [4.78, 5) is 26.3. The third kappa shape index (κ3) is 2.43. The minimum Gasteiger partial charge on any atom is -0.480 e. The first-order valence-corrected chi connectivity index (χ1v) is 6.49. The van der Waals surface area contributed by atoms with Crippen molar-refractivity contribution in [2.45, 2.75) is 38.3 Å². The summed E-state index contributed by atoms with van der Waals surface area (Å²) >= 11 is 0. The number of aliphatic hydroxyl groups is 1. The van der Waals surface area contributed by atoms with Crippen molar-refractivity contribution in [3.63, 3.8) is 0 Å². The number of amides is 2. The Morgan fingerprint density at radius 2 is 2.06 bits per heavy atom. The van der Waals surface area contributed by atoms with Gasteiger partial charge in [0.05, 0.1) is 6.10 Å². The van der Waals surface area contributed by atoms with Crippen molar-refractivity contribution in [2.75, 3.05) is 19.6 Å². The molecule has 3 atom stereocenters. The molecule has 6 nitrogen and oxygen atoms in total. The Morgan fingerprint density at radius 3 is 2.61 bits per heavy atom. The van der Waals surface area contributed by atoms with Gasteiger partial charge in [-0.25, -0.2) is 9.59 Å². The predicted octanol–water partition coefficient (Wildman–Crippen LogP) is 0.358. The van der Waals surface area contributed by atoms with Gasteiger partial charge in [0, 0.05) is 26.1 Å². The van der Waals surface area contributed by atoms with E-state index in [-0.39, 0.29) is 19.0 Å². The van der Waals surface area contributed by atoms with E-state index in [0.29, 0.717) is 19.0 Å². The fourth-order valence-electron chi connectivity index (χ4n) is 2.78. The van der Waals surface area contributed by atoms with Crippen LogP contribution >= 0.6 is 0 Å². The molecule has 0 saturated carbocycles. The molecule has 0 radical (unpaired) electrons. The Morgan fingerprint density at radius 1 is 1.33 bits per heavy atom. The molecule has 2 fully saturated rings. The molecule has 0 aromatic rings. The molecule has 2 aliphatic heterocycles. The number of urea groups is 1. The Labute approximate surface area is 106 Å². The van der Waals surface area contributed by atoms with Crippen molar-refractivity contribution in [3.05, 3.63) is 0 Å². The van der Waals surface area contributed by atoms with E-state index in [9.17, 15) is 14.7 Å². The molecule has 2 rings (SSSR count). The van der Waals surface area contributed by atoms with Crippen molar-refractivity contribution in [3.8, 4) is 0 Å². The van der Waals surface area contributed by atoms with Crippen LogP contribution in [-0.4, -0.2) is 63.8 Å². The number of likely N-dealkylation sites (tertiary alicyclic amines) is 2. The summed E-state index contributed by atoms with van der Waals surface area (Å²) in [5, 5.41) is 18.6. The molecule has 2 saturated heterocycles. The van der Waals surface area contributed by atoms with Crippen molar-refractivity contribution in [1.29, 1.82) is 0 Å². The summed E-state index contributed by atoms with van der Waals surface area (Å²) in [5.74, 6) is -0.518. The van der Waals surface area contributed by atoms with Crippen LogP contribution in [0.15, 0.2) is 0 Å². The summed E-state index contributed by atoms with van der Waals surface area (Å²) in [6.07, 6.45) is 1.43. The van der Waals surface area contributed by atoms with Crippen molar-refractivity contribution >= 4 is 12.0 Å². The number of carboxylic acid groups (broad SMARTS) is 1. The number of rotatable bonds is 2. The molecule has 2 heterocycles. The first-order chi connectivity index (χ1) is 8.52. The first-order valence-electron chi connectivity index (χ1n) is 6.49. The summed E-state index contributed by atoms with van der Waals surface area (Å²) in [6, 6.07) is -1.12. The number of aliphatic hydroxyl groups excluding tert-OH is 1. The van der Waals surface area contributed by atoms with E-state index in [4.69, 9.17) is 5.11 Å². The Hall–Kier alpha value is -1.30. The second-order valence-electron chi connectivity index (χ2n) is 5.19. The maximum absolute atomic E-state index is 12.2. The second kappa shape index (κ2) is 5.14. The molecule has 0 aromatic heterocycles. The topological polar surface area (TPSA) is 81.1 Å². The average molecular weight is 256 g/mol. The lowest BCUT2D eigenvalue weighted by atomic mass is 10.1. The van der Waals surface area contributed by atoms with Gasteiger partial charge in [-0.1, -0.05) is 13.3 Å². The van der Waals surface area contributed by atoms with Crippen molar-refractivity contribution < 1.29 is 19.8 Å². The number of hydrogen-bond acceptors (Lipinski definition) is 3. The highest BCUT2D eigenvalue weighted by Gasteiger charge is 2.41. The smallest absolute Gasteiger partial charge is 0.326 e. The monoisotopic (exact) mass is 256 g/mol. The molecular formula is C12H20N2O4. The molecule has 18 heavy (non-hydrogen) atoms. The first kappa shape index (κ1) is 13.1. The van der Waals surface area contributed by atoms with Gasteiger partial charge >= 0.3 is 12.0 Å². The number of carbonyl (C=O) groups is 2. The van der Waals surface area contributed by atoms with E-state index in [1.54, 1.807) is 4.90 Å². The van der Waals surface area contributed by atoms with Gasteiger partial charge in [-0.05, 0) is 12.3 Å². The van der Waals surface area contributed by atoms with Gasteiger partial charge in [0.1, 0.15) is 6.04 Å². The predicted molar refractivity (Wildman–Crippen MR) is 64.1 cm³/mol. The number of aliphatic carboxylic acids is 1. The van der Waals surface area contributed by atoms with E-state index in [1.165, 1.54) is 4.90 Å². The van der Waals surface area contributed by atoms with Gasteiger partial charge in [0.25, 0.3) is 0 Å². The zero-order valence-corrected chi connectivity index (χ0v) is 10.6. The highest BCUT2D eigenvalue weighted by molar-refractivity contribution is 5.83. The van der Waals surface area contributed by atoms with E-state index >= 15 is 0 Å². The van der Waals surface area contributed by atoms with Gasteiger partial charge in [-0.2, -0.15) is 0 Å². The highest BCUT2D eigenvalue weighted by Crippen LogP contribution is 2.24. The number of carbonyl (C=O) groups excluding carboxylic acids is 1. The average Bonchev–Trinajstić information content (AvgIpc) is 2.94. The highest BCUT2D eigenvalue weighted by atomic mass is 16.4. The van der Waals surface area contributed by atoms with E-state index in [0.717, 1.165) is 12.8 Å². The largest absolute Gasteiger partial charge is 0.480 e. The molecule has 2 N–H and O–H groups in total. The number of carboxylic acids is 1. The zero-order chi connectivity index (χ0) is 13.3. The minimum absolute atomic E-state index is 0.128. The molecule has 102 valence electrons. The van der Waals surface area contributed by atoms with Crippen LogP contribution in [0.5, 0.6) is 0 Å². The molecule has 0 spiro atoms. The SMILES string of the molecule is CCC1CCN(C(=O)N2C[C@H](O)C[C@H]2C(=O)O)C1. The third-order valence-corrected chi connectivity index (χ3v) is 3.94. The van der Waals surface area contributed by atoms with Crippen molar-refractivity contribution in [2.24, 2.45) is 5.92 Å². The van der Waals surface area contributed by atoms with E-state index in [2.05, 4.69) is 6.92 Å². The quantitative estimate of drug-likeness (QED) is 0.747. The maximum Gasteiger partial charge on any atom is 0.326 e. The minimum atomic E-state index is -1.04. The molecule has 1 unspecified atom stereocenters. The van der Waals surface area contributed by atoms with Gasteiger partial charge in [0.2, 0.25) is 0 Å². The van der Waals surface area contributed by atoms with Crippen LogP contribution in [0.1, 0.15) is 26.2 Å². The number of hydrogen-bond donors (Lipinski definition) is 2. The van der Waals surface area contributed by atoms with Crippen LogP contribution in [0.3, 0.4) is 0 Å². The van der Waals surface area contributed by atoms with Crippen molar-refractivity contribution in [1.82, 2.24) is 9.80 Å². The summed E-state index contributed by atoms with van der Waals surface area (Å²) in [6.45, 7) is 3.62. The van der Waals surface area contributed by atoms with Gasteiger partial charge in [-0.15, -0.1) is 0 Å². The number of β-amino-alcohol motifs (C(OH)–C–C–N with tert-alkyl or cyclic N) is 1. The molecule has 6 heteroatoms. The molecule has 0 aromatic carbocycles. The van der Waals surface area contributed by atoms with Crippen LogP contribution < -0.4 is 0 Å². The summed E-state index contributed by atoms with van der Waals surface area (Å²) < 4.78 is 0. The molecule has 2 aliphatic rings. The summed E-state index contributed by atoms with van der Waals surface area (Å²) in [7, 11) is 0. The zero-order valence-electron chi connectivity index (χ0n) is 10.6. The lowest BCUT2D eigenvalue weighted by molar-refractivity contribution is -0.141. The summed E-state index contributed by atoms with van der Waals surface area (Å²) in [5.41, 5.74) is 0. The van der Waals surface area contributed by atoms with Gasteiger partial charge in [0.15, 0.2) is 0 Å². The Kier molecular flexibility index (Phi) is 3.75. The second-order valence-corrected chi connectivity index (χ2v) is 5.19. The fourth-order valence-corrected chi connectivity index (χ4v) is 2.78. The van der Waals surface area contributed by atoms with Crippen LogP contribution in [0.25, 0.3) is 0 Å². The van der Waals surface area contributed by atoms with Crippen LogP contribution in [0, 0.1) is 5.92 Å². The van der Waals surface area contributed by atoms with Crippen LogP contribution in [0.2, 0.25) is 0 Å². The molecule has 0 bridgehead atoms. The normalized spacial score (nSPS) is 32.0. The lowest BCUT2D eigenvalue weighted by Gasteiger charge is -2.27. The van der Waals surface area contributed by atoms with Crippen LogP contribution in [-0.2, 0) is 4.79 Å². The fraction of sp³-hybridized carbons (Fsp3) is 0.833. The van der Waals surface area contributed by atoms with E-state index in [1.807, 2.05) is 0 Å². The Balaban J connectivity index is 2.02. The molecular weight excluding hydrogens is 236 g/mol. The molecule has 2 amide bonds. The standard InChI is InChI=1S/C12H20N2O4/c1-2-8-3-4-13(6-8)12(18)14-7-9(15)5-10(14)11(16)17/h8-10,15H,2-7H2,1H3,(H,16,17)/t8?,9-,10+/m1/s1. The van der Waals surface area contributed by atoms with Crippen LogP contribution in [0.4, 0.5) is 4.79 Å². The molecule has 0 aliphatic carbocycles.